The molecule has 3 aromatic rings. The van der Waals surface area contributed by atoms with Gasteiger partial charge < -0.3 is 0 Å². The highest BCUT2D eigenvalue weighted by Gasteiger charge is 2.19. The topological polar surface area (TPSA) is 0 Å². The Morgan fingerprint density at radius 3 is 1.45 bits per heavy atom. The van der Waals surface area contributed by atoms with E-state index >= 15 is 0 Å². The van der Waals surface area contributed by atoms with Crippen molar-refractivity contribution in [1.82, 2.24) is 0 Å². The van der Waals surface area contributed by atoms with E-state index in [9.17, 15) is 0 Å². The first-order valence-electron chi connectivity index (χ1n) is 8.02. The molecule has 0 aliphatic heterocycles. The zero-order valence-electron chi connectivity index (χ0n) is 13.2. The maximum absolute atomic E-state index is 2.29. The van der Waals surface area contributed by atoms with Crippen molar-refractivity contribution >= 4 is 0 Å². The highest BCUT2D eigenvalue weighted by atomic mass is 14.2. The van der Waals surface area contributed by atoms with E-state index in [1.54, 1.807) is 0 Å². The van der Waals surface area contributed by atoms with Crippen LogP contribution in [-0.2, 0) is 12.8 Å². The third-order valence-electron chi connectivity index (χ3n) is 4.85. The molecule has 0 aromatic heterocycles. The lowest BCUT2D eigenvalue weighted by Crippen LogP contribution is -2.04. The second-order valence-corrected chi connectivity index (χ2v) is 6.26. The maximum atomic E-state index is 2.29. The van der Waals surface area contributed by atoms with Gasteiger partial charge in [-0.1, -0.05) is 60.7 Å². The molecular weight excluding hydrogens is 264 g/mol. The summed E-state index contributed by atoms with van der Waals surface area (Å²) < 4.78 is 0. The molecule has 0 atom stereocenters. The Morgan fingerprint density at radius 2 is 1.00 bits per heavy atom. The fraction of sp³-hybridized carbons (Fsp3) is 0.182. The minimum atomic E-state index is 1.11. The fourth-order valence-electron chi connectivity index (χ4n) is 3.83. The SMILES string of the molecule is Cc1cccc2c1-c1ccccc1-c1c(C)cccc1CC2. The van der Waals surface area contributed by atoms with Gasteiger partial charge >= 0.3 is 0 Å². The van der Waals surface area contributed by atoms with Crippen LogP contribution in [0.5, 0.6) is 0 Å². The lowest BCUT2D eigenvalue weighted by molar-refractivity contribution is 0.956. The van der Waals surface area contributed by atoms with Gasteiger partial charge in [-0.15, -0.1) is 0 Å². The van der Waals surface area contributed by atoms with Crippen molar-refractivity contribution in [1.29, 1.82) is 0 Å². The van der Waals surface area contributed by atoms with Crippen molar-refractivity contribution in [3.63, 3.8) is 0 Å². The normalized spacial score (nSPS) is 12.6. The van der Waals surface area contributed by atoms with Crippen LogP contribution in [0.25, 0.3) is 22.3 Å². The molecule has 0 heterocycles. The van der Waals surface area contributed by atoms with Gasteiger partial charge in [-0.25, -0.2) is 0 Å². The Morgan fingerprint density at radius 1 is 0.545 bits per heavy atom. The molecule has 1 aliphatic carbocycles. The van der Waals surface area contributed by atoms with Gasteiger partial charge in [-0.3, -0.25) is 0 Å². The minimum Gasteiger partial charge on any atom is -0.0617 e. The summed E-state index contributed by atoms with van der Waals surface area (Å²) in [5.41, 5.74) is 11.3. The molecule has 0 saturated heterocycles. The second kappa shape index (κ2) is 5.14. The molecule has 108 valence electrons. The molecule has 0 radical (unpaired) electrons. The Balaban J connectivity index is 2.12. The zero-order valence-corrected chi connectivity index (χ0v) is 13.2. The van der Waals surface area contributed by atoms with Gasteiger partial charge in [0.1, 0.15) is 0 Å². The number of rotatable bonds is 0. The number of hydrogen-bond acceptors (Lipinski definition) is 0. The highest BCUT2D eigenvalue weighted by Crippen LogP contribution is 2.41. The van der Waals surface area contributed by atoms with Crippen LogP contribution < -0.4 is 0 Å². The van der Waals surface area contributed by atoms with Gasteiger partial charge in [0, 0.05) is 0 Å². The number of fused-ring (bicyclic) bond motifs is 5. The average molecular weight is 284 g/mol. The molecule has 1 aliphatic rings. The number of hydrogen-bond donors (Lipinski definition) is 0. The van der Waals surface area contributed by atoms with Crippen LogP contribution in [0.15, 0.2) is 60.7 Å². The third kappa shape index (κ3) is 1.99. The molecule has 22 heavy (non-hydrogen) atoms. The molecular formula is C22H20. The van der Waals surface area contributed by atoms with Crippen molar-refractivity contribution < 1.29 is 0 Å². The van der Waals surface area contributed by atoms with Crippen LogP contribution in [0.4, 0.5) is 0 Å². The quantitative estimate of drug-likeness (QED) is 0.494. The van der Waals surface area contributed by atoms with E-state index in [1.807, 2.05) is 0 Å². The van der Waals surface area contributed by atoms with E-state index in [-0.39, 0.29) is 0 Å². The molecule has 0 heteroatoms. The molecule has 3 aromatic carbocycles. The van der Waals surface area contributed by atoms with Crippen molar-refractivity contribution in [2.45, 2.75) is 26.7 Å². The molecule has 0 bridgehead atoms. The van der Waals surface area contributed by atoms with E-state index in [2.05, 4.69) is 74.5 Å². The van der Waals surface area contributed by atoms with Gasteiger partial charge in [0.15, 0.2) is 0 Å². The Bertz CT molecular complexity index is 783. The van der Waals surface area contributed by atoms with Gasteiger partial charge in [0.05, 0.1) is 0 Å². The van der Waals surface area contributed by atoms with Gasteiger partial charge in [0.25, 0.3) is 0 Å². The first-order chi connectivity index (χ1) is 10.8. The predicted molar refractivity (Wildman–Crippen MR) is 94.2 cm³/mol. The first-order valence-corrected chi connectivity index (χ1v) is 8.02. The second-order valence-electron chi connectivity index (χ2n) is 6.26. The number of aryl methyl sites for hydroxylation is 4. The van der Waals surface area contributed by atoms with Crippen molar-refractivity contribution in [3.05, 3.63) is 82.9 Å². The smallest absolute Gasteiger partial charge is 0.00998 e. The summed E-state index contributed by atoms with van der Waals surface area (Å²) in [6, 6.07) is 22.3. The van der Waals surface area contributed by atoms with Crippen LogP contribution in [0.1, 0.15) is 22.3 Å². The summed E-state index contributed by atoms with van der Waals surface area (Å²) in [5, 5.41) is 0. The van der Waals surface area contributed by atoms with E-state index in [0.29, 0.717) is 0 Å². The van der Waals surface area contributed by atoms with E-state index in [4.69, 9.17) is 0 Å². The lowest BCUT2D eigenvalue weighted by atomic mass is 9.81. The predicted octanol–water partition coefficient (Wildman–Crippen LogP) is 5.74. The van der Waals surface area contributed by atoms with Crippen molar-refractivity contribution in [2.24, 2.45) is 0 Å². The molecule has 0 nitrogen and oxygen atoms in total. The highest BCUT2D eigenvalue weighted by molar-refractivity contribution is 5.89. The van der Waals surface area contributed by atoms with Gasteiger partial charge in [0.2, 0.25) is 0 Å². The summed E-state index contributed by atoms with van der Waals surface area (Å²) in [6.07, 6.45) is 2.23. The minimum absolute atomic E-state index is 1.11. The van der Waals surface area contributed by atoms with Crippen LogP contribution in [-0.4, -0.2) is 0 Å². The standard InChI is InChI=1S/C22H20/c1-15-7-5-9-17-13-14-18-10-6-8-16(2)22(18)20-12-4-3-11-19(20)21(15)17/h3-12H,13-14H2,1-2H3. The van der Waals surface area contributed by atoms with E-state index in [0.717, 1.165) is 12.8 Å². The van der Waals surface area contributed by atoms with Crippen molar-refractivity contribution in [2.75, 3.05) is 0 Å². The first kappa shape index (κ1) is 13.3. The molecule has 0 unspecified atom stereocenters. The summed E-state index contributed by atoms with van der Waals surface area (Å²) in [5.74, 6) is 0. The Hall–Kier alpha value is -2.34. The summed E-state index contributed by atoms with van der Waals surface area (Å²) >= 11 is 0. The monoisotopic (exact) mass is 284 g/mol. The Labute approximate surface area is 132 Å². The van der Waals surface area contributed by atoms with Crippen molar-refractivity contribution in [3.8, 4) is 22.3 Å². The van der Waals surface area contributed by atoms with Gasteiger partial charge in [-0.05, 0) is 71.2 Å². The summed E-state index contributed by atoms with van der Waals surface area (Å²) in [6.45, 7) is 4.46. The van der Waals surface area contributed by atoms with E-state index < -0.39 is 0 Å². The van der Waals surface area contributed by atoms with Gasteiger partial charge in [-0.2, -0.15) is 0 Å². The van der Waals surface area contributed by atoms with Crippen LogP contribution in [0.2, 0.25) is 0 Å². The fourth-order valence-corrected chi connectivity index (χ4v) is 3.83. The zero-order chi connectivity index (χ0) is 15.1. The molecule has 0 spiro atoms. The Kier molecular flexibility index (Phi) is 3.11. The van der Waals surface area contributed by atoms with Crippen LogP contribution in [0.3, 0.4) is 0 Å². The molecule has 0 amide bonds. The summed E-state index contributed by atoms with van der Waals surface area (Å²) in [7, 11) is 0. The lowest BCUT2D eigenvalue weighted by Gasteiger charge is -2.23. The molecule has 0 saturated carbocycles. The molecule has 0 N–H and O–H groups in total. The number of benzene rings is 3. The third-order valence-corrected chi connectivity index (χ3v) is 4.85. The maximum Gasteiger partial charge on any atom is -0.00998 e. The van der Waals surface area contributed by atoms with E-state index in [1.165, 1.54) is 44.5 Å². The largest absolute Gasteiger partial charge is 0.0617 e. The summed E-state index contributed by atoms with van der Waals surface area (Å²) in [4.78, 5) is 0. The van der Waals surface area contributed by atoms with Crippen LogP contribution >= 0.6 is 0 Å². The van der Waals surface area contributed by atoms with Crippen LogP contribution in [0, 0.1) is 13.8 Å². The molecule has 0 fully saturated rings. The molecule has 4 rings (SSSR count). The average Bonchev–Trinajstić information content (AvgIpc) is 2.51.